The molecule has 0 bridgehead atoms. The molecule has 1 aliphatic rings. The maximum atomic E-state index is 9.74. The zero-order valence-corrected chi connectivity index (χ0v) is 11.8. The molecular weight excluding hydrogens is 218 g/mol. The van der Waals surface area contributed by atoms with Crippen molar-refractivity contribution in [3.8, 4) is 0 Å². The van der Waals surface area contributed by atoms with E-state index in [-0.39, 0.29) is 6.10 Å². The van der Waals surface area contributed by atoms with E-state index in [9.17, 15) is 5.11 Å². The van der Waals surface area contributed by atoms with Crippen LogP contribution in [0.4, 0.5) is 0 Å². The molecule has 0 aromatic rings. The molecular formula is C13H27NOS. The highest BCUT2D eigenvalue weighted by Crippen LogP contribution is 2.20. The van der Waals surface area contributed by atoms with Crippen LogP contribution in [0.1, 0.15) is 40.0 Å². The Morgan fingerprint density at radius 3 is 2.69 bits per heavy atom. The van der Waals surface area contributed by atoms with Crippen molar-refractivity contribution in [2.45, 2.75) is 52.2 Å². The van der Waals surface area contributed by atoms with Crippen molar-refractivity contribution >= 4 is 11.8 Å². The van der Waals surface area contributed by atoms with Crippen molar-refractivity contribution < 1.29 is 5.11 Å². The first-order chi connectivity index (χ1) is 7.61. The molecule has 0 aromatic carbocycles. The lowest BCUT2D eigenvalue weighted by atomic mass is 9.98. The molecule has 1 aliphatic heterocycles. The van der Waals surface area contributed by atoms with Crippen LogP contribution in [-0.2, 0) is 0 Å². The highest BCUT2D eigenvalue weighted by Gasteiger charge is 2.25. The number of piperidine rings is 1. The van der Waals surface area contributed by atoms with Crippen LogP contribution in [0.3, 0.4) is 0 Å². The molecule has 1 heterocycles. The molecule has 0 amide bonds. The number of aliphatic hydroxyl groups excluding tert-OH is 1. The Morgan fingerprint density at radius 1 is 1.31 bits per heavy atom. The van der Waals surface area contributed by atoms with Gasteiger partial charge in [0, 0.05) is 18.3 Å². The van der Waals surface area contributed by atoms with Crippen molar-refractivity contribution in [3.63, 3.8) is 0 Å². The molecule has 0 aliphatic carbocycles. The minimum atomic E-state index is -0.171. The smallest absolute Gasteiger partial charge is 0.0667 e. The first kappa shape index (κ1) is 14.3. The van der Waals surface area contributed by atoms with Crippen LogP contribution in [-0.4, -0.2) is 46.7 Å². The van der Waals surface area contributed by atoms with Crippen LogP contribution in [0.15, 0.2) is 0 Å². The number of likely N-dealkylation sites (tertiary alicyclic amines) is 1. The molecule has 96 valence electrons. The quantitative estimate of drug-likeness (QED) is 0.728. The van der Waals surface area contributed by atoms with Gasteiger partial charge in [-0.15, -0.1) is 0 Å². The lowest BCUT2D eigenvalue weighted by Crippen LogP contribution is -2.46. The zero-order valence-electron chi connectivity index (χ0n) is 11.0. The van der Waals surface area contributed by atoms with Gasteiger partial charge in [0.05, 0.1) is 6.10 Å². The summed E-state index contributed by atoms with van der Waals surface area (Å²) in [7, 11) is 0. The second-order valence-electron chi connectivity index (χ2n) is 5.31. The van der Waals surface area contributed by atoms with Crippen molar-refractivity contribution in [3.05, 3.63) is 0 Å². The molecule has 2 atom stereocenters. The Kier molecular flexibility index (Phi) is 6.78. The monoisotopic (exact) mass is 245 g/mol. The van der Waals surface area contributed by atoms with E-state index in [1.807, 2.05) is 18.7 Å². The summed E-state index contributed by atoms with van der Waals surface area (Å²) >= 11 is 2.05. The lowest BCUT2D eigenvalue weighted by molar-refractivity contribution is 0.0406. The van der Waals surface area contributed by atoms with E-state index < -0.39 is 0 Å². The molecule has 0 aromatic heterocycles. The number of hydrogen-bond donors (Lipinski definition) is 1. The summed E-state index contributed by atoms with van der Waals surface area (Å²) in [5.74, 6) is 3.26. The van der Waals surface area contributed by atoms with Crippen molar-refractivity contribution in [2.24, 2.45) is 5.92 Å². The first-order valence-electron chi connectivity index (χ1n) is 6.61. The molecule has 3 heteroatoms. The SMILES string of the molecule is CC(C)CSCCN1CCCCC1C(C)O. The van der Waals surface area contributed by atoms with E-state index in [1.54, 1.807) is 0 Å². The summed E-state index contributed by atoms with van der Waals surface area (Å²) in [6, 6.07) is 0.411. The highest BCUT2D eigenvalue weighted by molar-refractivity contribution is 7.99. The number of aliphatic hydroxyl groups is 1. The third-order valence-corrected chi connectivity index (χ3v) is 4.57. The third kappa shape index (κ3) is 5.07. The molecule has 16 heavy (non-hydrogen) atoms. The van der Waals surface area contributed by atoms with E-state index in [0.29, 0.717) is 6.04 Å². The van der Waals surface area contributed by atoms with Gasteiger partial charge < -0.3 is 5.11 Å². The number of hydrogen-bond acceptors (Lipinski definition) is 3. The van der Waals surface area contributed by atoms with E-state index >= 15 is 0 Å². The van der Waals surface area contributed by atoms with E-state index in [0.717, 1.165) is 12.5 Å². The van der Waals surface area contributed by atoms with Gasteiger partial charge in [-0.2, -0.15) is 11.8 Å². The van der Waals surface area contributed by atoms with Crippen LogP contribution in [0.5, 0.6) is 0 Å². The summed E-state index contributed by atoms with van der Waals surface area (Å²) in [5.41, 5.74) is 0. The fraction of sp³-hybridized carbons (Fsp3) is 1.00. The third-order valence-electron chi connectivity index (χ3n) is 3.20. The van der Waals surface area contributed by atoms with Gasteiger partial charge >= 0.3 is 0 Å². The Labute approximate surface area is 105 Å². The van der Waals surface area contributed by atoms with Gasteiger partial charge in [0.15, 0.2) is 0 Å². The van der Waals surface area contributed by atoms with E-state index in [4.69, 9.17) is 0 Å². The van der Waals surface area contributed by atoms with E-state index in [1.165, 1.54) is 37.3 Å². The van der Waals surface area contributed by atoms with Crippen LogP contribution in [0.25, 0.3) is 0 Å². The maximum absolute atomic E-state index is 9.74. The van der Waals surface area contributed by atoms with Gasteiger partial charge in [-0.25, -0.2) is 0 Å². The molecule has 1 saturated heterocycles. The average molecular weight is 245 g/mol. The number of nitrogens with zero attached hydrogens (tertiary/aromatic N) is 1. The molecule has 0 radical (unpaired) electrons. The minimum absolute atomic E-state index is 0.171. The molecule has 2 unspecified atom stereocenters. The fourth-order valence-electron chi connectivity index (χ4n) is 2.34. The molecule has 1 N–H and O–H groups in total. The summed E-state index contributed by atoms with van der Waals surface area (Å²) in [6.07, 6.45) is 3.59. The second kappa shape index (κ2) is 7.57. The standard InChI is InChI=1S/C13H27NOS/c1-11(2)10-16-9-8-14-7-5-4-6-13(14)12(3)15/h11-13,15H,4-10H2,1-3H3. The normalized spacial score (nSPS) is 24.9. The minimum Gasteiger partial charge on any atom is -0.392 e. The Balaban J connectivity index is 2.22. The van der Waals surface area contributed by atoms with Crippen LogP contribution in [0.2, 0.25) is 0 Å². The molecule has 2 nitrogen and oxygen atoms in total. The van der Waals surface area contributed by atoms with Crippen molar-refractivity contribution in [1.82, 2.24) is 4.90 Å². The topological polar surface area (TPSA) is 23.5 Å². The lowest BCUT2D eigenvalue weighted by Gasteiger charge is -2.37. The Morgan fingerprint density at radius 2 is 2.06 bits per heavy atom. The van der Waals surface area contributed by atoms with Gasteiger partial charge in [0.2, 0.25) is 0 Å². The van der Waals surface area contributed by atoms with Gasteiger partial charge in [-0.05, 0) is 38.0 Å². The Hall–Kier alpha value is 0.270. The number of thioether (sulfide) groups is 1. The summed E-state index contributed by atoms with van der Waals surface area (Å²) in [4.78, 5) is 2.49. The van der Waals surface area contributed by atoms with Crippen LogP contribution >= 0.6 is 11.8 Å². The summed E-state index contributed by atoms with van der Waals surface area (Å²) < 4.78 is 0. The highest BCUT2D eigenvalue weighted by atomic mass is 32.2. The van der Waals surface area contributed by atoms with Crippen molar-refractivity contribution in [2.75, 3.05) is 24.6 Å². The zero-order chi connectivity index (χ0) is 12.0. The Bertz CT molecular complexity index is 185. The first-order valence-corrected chi connectivity index (χ1v) is 7.76. The predicted molar refractivity (Wildman–Crippen MR) is 73.1 cm³/mol. The maximum Gasteiger partial charge on any atom is 0.0667 e. The average Bonchev–Trinajstić information content (AvgIpc) is 2.24. The van der Waals surface area contributed by atoms with Gasteiger partial charge in [0.25, 0.3) is 0 Å². The molecule has 0 saturated carbocycles. The van der Waals surface area contributed by atoms with Crippen LogP contribution < -0.4 is 0 Å². The molecule has 1 rings (SSSR count). The van der Waals surface area contributed by atoms with Crippen molar-refractivity contribution in [1.29, 1.82) is 0 Å². The molecule has 1 fully saturated rings. The largest absolute Gasteiger partial charge is 0.392 e. The fourth-order valence-corrected chi connectivity index (χ4v) is 3.34. The van der Waals surface area contributed by atoms with Gasteiger partial charge in [-0.1, -0.05) is 20.3 Å². The molecule has 0 spiro atoms. The number of rotatable bonds is 6. The summed E-state index contributed by atoms with van der Waals surface area (Å²) in [5, 5.41) is 9.74. The van der Waals surface area contributed by atoms with Gasteiger partial charge in [0.1, 0.15) is 0 Å². The van der Waals surface area contributed by atoms with Gasteiger partial charge in [-0.3, -0.25) is 4.90 Å². The van der Waals surface area contributed by atoms with Crippen LogP contribution in [0, 0.1) is 5.92 Å². The second-order valence-corrected chi connectivity index (χ2v) is 6.46. The predicted octanol–water partition coefficient (Wildman–Crippen LogP) is 2.61. The summed E-state index contributed by atoms with van der Waals surface area (Å²) in [6.45, 7) is 8.80. The van der Waals surface area contributed by atoms with E-state index in [2.05, 4.69) is 18.7 Å².